The quantitative estimate of drug-likeness (QED) is 0.836. The molecule has 0 spiro atoms. The zero-order chi connectivity index (χ0) is 14.4. The van der Waals surface area contributed by atoms with Gasteiger partial charge in [-0.15, -0.1) is 0 Å². The van der Waals surface area contributed by atoms with E-state index in [4.69, 9.17) is 10.5 Å². The Morgan fingerprint density at radius 1 is 1.35 bits per heavy atom. The predicted octanol–water partition coefficient (Wildman–Crippen LogP) is 2.74. The van der Waals surface area contributed by atoms with Crippen LogP contribution in [0.1, 0.15) is 37.7 Å². The molecule has 0 atom stereocenters. The Morgan fingerprint density at radius 3 is 2.80 bits per heavy atom. The maximum Gasteiger partial charge on any atom is 0.255 e. The van der Waals surface area contributed by atoms with Crippen LogP contribution in [0.3, 0.4) is 0 Å². The zero-order valence-corrected chi connectivity index (χ0v) is 13.1. The molecule has 20 heavy (non-hydrogen) atoms. The largest absolute Gasteiger partial charge is 0.483 e. The average Bonchev–Trinajstić information content (AvgIpc) is 2.45. The summed E-state index contributed by atoms with van der Waals surface area (Å²) in [6.07, 6.45) is 6.45. The molecule has 0 aromatic heterocycles. The highest BCUT2D eigenvalue weighted by Crippen LogP contribution is 2.24. The van der Waals surface area contributed by atoms with Gasteiger partial charge in [0.05, 0.1) is 0 Å². The van der Waals surface area contributed by atoms with E-state index in [0.29, 0.717) is 6.04 Å². The Labute approximate surface area is 128 Å². The van der Waals surface area contributed by atoms with E-state index in [9.17, 15) is 4.79 Å². The summed E-state index contributed by atoms with van der Waals surface area (Å²) >= 11 is 3.47. The van der Waals surface area contributed by atoms with Gasteiger partial charge in [0.15, 0.2) is 6.61 Å². The number of primary amides is 1. The van der Waals surface area contributed by atoms with Crippen molar-refractivity contribution in [2.75, 3.05) is 6.61 Å². The van der Waals surface area contributed by atoms with Gasteiger partial charge >= 0.3 is 0 Å². The summed E-state index contributed by atoms with van der Waals surface area (Å²) < 4.78 is 6.46. The van der Waals surface area contributed by atoms with E-state index >= 15 is 0 Å². The van der Waals surface area contributed by atoms with Crippen molar-refractivity contribution in [2.24, 2.45) is 5.73 Å². The lowest BCUT2D eigenvalue weighted by atomic mass is 9.95. The predicted molar refractivity (Wildman–Crippen MR) is 82.5 cm³/mol. The molecule has 0 radical (unpaired) electrons. The third kappa shape index (κ3) is 4.80. The van der Waals surface area contributed by atoms with Gasteiger partial charge in [0.1, 0.15) is 5.75 Å². The maximum atomic E-state index is 10.8. The van der Waals surface area contributed by atoms with Crippen LogP contribution in [0.5, 0.6) is 5.75 Å². The third-order valence-corrected chi connectivity index (χ3v) is 4.07. The van der Waals surface area contributed by atoms with Gasteiger partial charge in [-0.2, -0.15) is 0 Å². The van der Waals surface area contributed by atoms with E-state index in [-0.39, 0.29) is 6.61 Å². The van der Waals surface area contributed by atoms with Gasteiger partial charge in [0, 0.05) is 22.6 Å². The summed E-state index contributed by atoms with van der Waals surface area (Å²) in [6.45, 7) is 0.663. The standard InChI is InChI=1S/C15H21BrN2O2/c16-12-6-7-14(20-10-15(17)19)11(8-12)9-18-13-4-2-1-3-5-13/h6-8,13,18H,1-5,9-10H2,(H2,17,19). The van der Waals surface area contributed by atoms with E-state index in [1.54, 1.807) is 0 Å². The summed E-state index contributed by atoms with van der Waals surface area (Å²) in [4.78, 5) is 10.8. The normalized spacial score (nSPS) is 16.1. The number of benzene rings is 1. The Bertz CT molecular complexity index is 459. The number of hydrogen-bond acceptors (Lipinski definition) is 3. The molecule has 0 aliphatic heterocycles. The zero-order valence-electron chi connectivity index (χ0n) is 11.5. The van der Waals surface area contributed by atoms with Crippen molar-refractivity contribution >= 4 is 21.8 Å². The van der Waals surface area contributed by atoms with E-state index < -0.39 is 5.91 Å². The Hall–Kier alpha value is -1.07. The molecule has 0 heterocycles. The van der Waals surface area contributed by atoms with Crippen LogP contribution < -0.4 is 15.8 Å². The molecule has 1 fully saturated rings. The molecule has 1 aromatic carbocycles. The lowest BCUT2D eigenvalue weighted by molar-refractivity contribution is -0.119. The fraction of sp³-hybridized carbons (Fsp3) is 0.533. The molecular formula is C15H21BrN2O2. The summed E-state index contributed by atoms with van der Waals surface area (Å²) in [5, 5.41) is 3.58. The van der Waals surface area contributed by atoms with Gasteiger partial charge in [-0.3, -0.25) is 4.79 Å². The Kier molecular flexibility index (Phi) is 5.86. The Morgan fingerprint density at radius 2 is 2.10 bits per heavy atom. The first-order chi connectivity index (χ1) is 9.65. The molecule has 1 aliphatic carbocycles. The summed E-state index contributed by atoms with van der Waals surface area (Å²) in [5.74, 6) is 0.259. The SMILES string of the molecule is NC(=O)COc1ccc(Br)cc1CNC1CCCCC1. The molecular weight excluding hydrogens is 320 g/mol. The van der Waals surface area contributed by atoms with Gasteiger partial charge in [0.2, 0.25) is 0 Å². The smallest absolute Gasteiger partial charge is 0.255 e. The fourth-order valence-electron chi connectivity index (χ4n) is 2.54. The van der Waals surface area contributed by atoms with E-state index in [1.165, 1.54) is 32.1 Å². The molecule has 3 N–H and O–H groups in total. The molecule has 4 nitrogen and oxygen atoms in total. The molecule has 2 rings (SSSR count). The number of halogens is 1. The van der Waals surface area contributed by atoms with Crippen molar-refractivity contribution in [1.29, 1.82) is 0 Å². The fourth-order valence-corrected chi connectivity index (χ4v) is 2.95. The van der Waals surface area contributed by atoms with Crippen LogP contribution in [0.4, 0.5) is 0 Å². The number of carbonyl (C=O) groups excluding carboxylic acids is 1. The molecule has 1 amide bonds. The van der Waals surface area contributed by atoms with Crippen molar-refractivity contribution in [2.45, 2.75) is 44.7 Å². The van der Waals surface area contributed by atoms with Crippen LogP contribution >= 0.6 is 15.9 Å². The molecule has 110 valence electrons. The third-order valence-electron chi connectivity index (χ3n) is 3.58. The highest BCUT2D eigenvalue weighted by molar-refractivity contribution is 9.10. The van der Waals surface area contributed by atoms with Gasteiger partial charge in [-0.25, -0.2) is 0 Å². The monoisotopic (exact) mass is 340 g/mol. The van der Waals surface area contributed by atoms with Crippen LogP contribution in [0.15, 0.2) is 22.7 Å². The molecule has 5 heteroatoms. The van der Waals surface area contributed by atoms with Crippen LogP contribution in [0, 0.1) is 0 Å². The van der Waals surface area contributed by atoms with Crippen molar-refractivity contribution < 1.29 is 9.53 Å². The minimum absolute atomic E-state index is 0.0853. The van der Waals surface area contributed by atoms with Gasteiger partial charge in [0.25, 0.3) is 5.91 Å². The summed E-state index contributed by atoms with van der Waals surface area (Å²) in [5.41, 5.74) is 6.17. The van der Waals surface area contributed by atoms with E-state index in [1.807, 2.05) is 18.2 Å². The highest BCUT2D eigenvalue weighted by Gasteiger charge is 2.14. The number of rotatable bonds is 6. The van der Waals surface area contributed by atoms with Crippen LogP contribution in [0.2, 0.25) is 0 Å². The first-order valence-electron chi connectivity index (χ1n) is 7.08. The number of hydrogen-bond donors (Lipinski definition) is 2. The number of nitrogens with two attached hydrogens (primary N) is 1. The van der Waals surface area contributed by atoms with Crippen molar-refractivity contribution in [3.63, 3.8) is 0 Å². The minimum atomic E-state index is -0.459. The topological polar surface area (TPSA) is 64.4 Å². The summed E-state index contributed by atoms with van der Waals surface area (Å²) in [7, 11) is 0. The second-order valence-electron chi connectivity index (χ2n) is 5.22. The minimum Gasteiger partial charge on any atom is -0.483 e. The average molecular weight is 341 g/mol. The lowest BCUT2D eigenvalue weighted by Gasteiger charge is -2.23. The van der Waals surface area contributed by atoms with Crippen molar-refractivity contribution in [1.82, 2.24) is 5.32 Å². The van der Waals surface area contributed by atoms with Crippen molar-refractivity contribution in [3.8, 4) is 5.75 Å². The number of carbonyl (C=O) groups is 1. The van der Waals surface area contributed by atoms with Gasteiger partial charge in [-0.1, -0.05) is 35.2 Å². The molecule has 0 bridgehead atoms. The van der Waals surface area contributed by atoms with Crippen LogP contribution in [0.25, 0.3) is 0 Å². The molecule has 0 saturated heterocycles. The van der Waals surface area contributed by atoms with E-state index in [0.717, 1.165) is 22.3 Å². The number of amides is 1. The highest BCUT2D eigenvalue weighted by atomic mass is 79.9. The number of ether oxygens (including phenoxy) is 1. The van der Waals surface area contributed by atoms with E-state index in [2.05, 4.69) is 21.2 Å². The van der Waals surface area contributed by atoms with Gasteiger partial charge < -0.3 is 15.8 Å². The van der Waals surface area contributed by atoms with Gasteiger partial charge in [-0.05, 0) is 31.0 Å². The Balaban J connectivity index is 1.96. The van der Waals surface area contributed by atoms with Crippen molar-refractivity contribution in [3.05, 3.63) is 28.2 Å². The molecule has 1 aliphatic rings. The molecule has 0 unspecified atom stereocenters. The van der Waals surface area contributed by atoms with Crippen LogP contribution in [-0.2, 0) is 11.3 Å². The lowest BCUT2D eigenvalue weighted by Crippen LogP contribution is -2.30. The number of nitrogens with one attached hydrogen (secondary N) is 1. The molecule has 1 aromatic rings. The summed E-state index contributed by atoms with van der Waals surface area (Å²) in [6, 6.07) is 6.38. The first-order valence-corrected chi connectivity index (χ1v) is 7.87. The molecule has 1 saturated carbocycles. The second kappa shape index (κ2) is 7.64. The van der Waals surface area contributed by atoms with Crippen LogP contribution in [-0.4, -0.2) is 18.6 Å². The first kappa shape index (κ1) is 15.3. The maximum absolute atomic E-state index is 10.8. The second-order valence-corrected chi connectivity index (χ2v) is 6.14.